The minimum absolute atomic E-state index is 0.258. The van der Waals surface area contributed by atoms with Crippen molar-refractivity contribution in [3.05, 3.63) is 108 Å². The summed E-state index contributed by atoms with van der Waals surface area (Å²) in [4.78, 5) is 32.7. The number of hydrogen-bond acceptors (Lipinski definition) is 6. The zero-order chi connectivity index (χ0) is 22.2. The van der Waals surface area contributed by atoms with Crippen molar-refractivity contribution in [3.8, 4) is 0 Å². The van der Waals surface area contributed by atoms with Gasteiger partial charge in [-0.25, -0.2) is 9.97 Å². The first-order valence-electron chi connectivity index (χ1n) is 9.74. The highest BCUT2D eigenvalue weighted by Crippen LogP contribution is 2.20. The Morgan fingerprint density at radius 3 is 1.31 bits per heavy atom. The third kappa shape index (κ3) is 5.45. The Kier molecular flexibility index (Phi) is 6.33. The van der Waals surface area contributed by atoms with Crippen LogP contribution >= 0.6 is 0 Å². The lowest BCUT2D eigenvalue weighted by Crippen LogP contribution is -2.12. The van der Waals surface area contributed by atoms with Crippen LogP contribution < -0.4 is 10.6 Å². The summed E-state index contributed by atoms with van der Waals surface area (Å²) in [7, 11) is 0. The summed E-state index contributed by atoms with van der Waals surface area (Å²) in [5.74, 6) is 0.454. The van der Waals surface area contributed by atoms with E-state index in [2.05, 4.69) is 30.8 Å². The molecule has 0 spiro atoms. The number of nitrogens with zero attached hydrogens (tertiary/aromatic N) is 4. The van der Waals surface area contributed by atoms with E-state index in [0.717, 1.165) is 0 Å². The molecule has 0 aliphatic carbocycles. The first kappa shape index (κ1) is 20.5. The number of aromatic nitrogens is 2. The monoisotopic (exact) mass is 422 g/mol. The smallest absolute Gasteiger partial charge is 0.256 e. The molecule has 0 fully saturated rings. The molecule has 156 valence electrons. The molecule has 8 nitrogen and oxygen atoms in total. The second kappa shape index (κ2) is 9.86. The van der Waals surface area contributed by atoms with Gasteiger partial charge in [0.25, 0.3) is 11.8 Å². The quantitative estimate of drug-likeness (QED) is 0.406. The number of azo groups is 1. The van der Waals surface area contributed by atoms with Gasteiger partial charge in [-0.05, 0) is 72.8 Å². The number of rotatable bonds is 6. The van der Waals surface area contributed by atoms with Gasteiger partial charge in [0.1, 0.15) is 11.6 Å². The predicted octanol–water partition coefficient (Wildman–Crippen LogP) is 5.40. The van der Waals surface area contributed by atoms with Crippen LogP contribution in [0.25, 0.3) is 0 Å². The van der Waals surface area contributed by atoms with Crippen molar-refractivity contribution in [2.45, 2.75) is 0 Å². The SMILES string of the molecule is O=C(Nc1ccccn1)c1ccc(N=Nc2ccc(C(=O)Nc3ccccn3)cc2)cc1. The Balaban J connectivity index is 1.35. The molecule has 0 unspecified atom stereocenters. The molecule has 0 aliphatic heterocycles. The van der Waals surface area contributed by atoms with E-state index in [-0.39, 0.29) is 11.8 Å². The standard InChI is InChI=1S/C24H18N6O2/c31-23(27-21-5-1-3-15-25-21)17-7-11-19(12-8-17)29-30-20-13-9-18(10-14-20)24(32)28-22-6-2-4-16-26-22/h1-16H,(H,25,27,31)(H,26,28,32). The highest BCUT2D eigenvalue weighted by Gasteiger charge is 2.07. The third-order valence-electron chi connectivity index (χ3n) is 4.35. The maximum absolute atomic E-state index is 12.3. The molecular weight excluding hydrogens is 404 g/mol. The van der Waals surface area contributed by atoms with E-state index in [1.54, 1.807) is 97.3 Å². The van der Waals surface area contributed by atoms with Crippen molar-refractivity contribution in [2.75, 3.05) is 10.6 Å². The number of pyridine rings is 2. The molecule has 4 aromatic rings. The molecule has 2 aromatic carbocycles. The van der Waals surface area contributed by atoms with E-state index >= 15 is 0 Å². The van der Waals surface area contributed by atoms with Crippen LogP contribution in [0.4, 0.5) is 23.0 Å². The number of amides is 2. The summed E-state index contributed by atoms with van der Waals surface area (Å²) in [6.07, 6.45) is 3.22. The van der Waals surface area contributed by atoms with Crippen molar-refractivity contribution < 1.29 is 9.59 Å². The van der Waals surface area contributed by atoms with Crippen molar-refractivity contribution in [1.82, 2.24) is 9.97 Å². The first-order chi connectivity index (χ1) is 15.7. The van der Waals surface area contributed by atoms with Crippen molar-refractivity contribution >= 4 is 34.8 Å². The zero-order valence-corrected chi connectivity index (χ0v) is 16.8. The molecule has 4 rings (SSSR count). The number of nitrogens with one attached hydrogen (secondary N) is 2. The van der Waals surface area contributed by atoms with Gasteiger partial charge < -0.3 is 10.6 Å². The van der Waals surface area contributed by atoms with Crippen LogP contribution in [0, 0.1) is 0 Å². The van der Waals surface area contributed by atoms with Gasteiger partial charge in [-0.15, -0.1) is 0 Å². The second-order valence-corrected chi connectivity index (χ2v) is 6.63. The Labute approximate surface area is 184 Å². The van der Waals surface area contributed by atoms with Gasteiger partial charge >= 0.3 is 0 Å². The largest absolute Gasteiger partial charge is 0.307 e. The van der Waals surface area contributed by atoms with Crippen LogP contribution in [0.3, 0.4) is 0 Å². The number of carbonyl (C=O) groups is 2. The molecule has 0 bridgehead atoms. The fourth-order valence-electron chi connectivity index (χ4n) is 2.72. The topological polar surface area (TPSA) is 109 Å². The Morgan fingerprint density at radius 2 is 0.969 bits per heavy atom. The molecule has 0 radical (unpaired) electrons. The molecule has 0 atom stereocenters. The summed E-state index contributed by atoms with van der Waals surface area (Å²) in [6, 6.07) is 24.0. The molecule has 2 N–H and O–H groups in total. The zero-order valence-electron chi connectivity index (χ0n) is 16.8. The van der Waals surface area contributed by atoms with Crippen molar-refractivity contribution in [2.24, 2.45) is 10.2 Å². The number of benzene rings is 2. The van der Waals surface area contributed by atoms with E-state index < -0.39 is 0 Å². The maximum Gasteiger partial charge on any atom is 0.256 e. The van der Waals surface area contributed by atoms with Crippen LogP contribution in [0.2, 0.25) is 0 Å². The van der Waals surface area contributed by atoms with Crippen molar-refractivity contribution in [1.29, 1.82) is 0 Å². The number of anilines is 2. The van der Waals surface area contributed by atoms with E-state index in [1.807, 2.05) is 0 Å². The number of carbonyl (C=O) groups excluding carboxylic acids is 2. The second-order valence-electron chi connectivity index (χ2n) is 6.63. The van der Waals surface area contributed by atoms with Crippen LogP contribution in [-0.2, 0) is 0 Å². The lowest BCUT2D eigenvalue weighted by Gasteiger charge is -2.04. The van der Waals surface area contributed by atoms with Crippen LogP contribution in [0.15, 0.2) is 108 Å². The van der Waals surface area contributed by atoms with E-state index in [9.17, 15) is 9.59 Å². The van der Waals surface area contributed by atoms with Gasteiger partial charge in [0.15, 0.2) is 0 Å². The van der Waals surface area contributed by atoms with Crippen LogP contribution in [0.1, 0.15) is 20.7 Å². The van der Waals surface area contributed by atoms with Crippen molar-refractivity contribution in [3.63, 3.8) is 0 Å². The lowest BCUT2D eigenvalue weighted by atomic mass is 10.2. The average Bonchev–Trinajstić information content (AvgIpc) is 2.84. The molecule has 0 saturated heterocycles. The summed E-state index contributed by atoms with van der Waals surface area (Å²) in [6.45, 7) is 0. The molecule has 2 amide bonds. The average molecular weight is 422 g/mol. The summed E-state index contributed by atoms with van der Waals surface area (Å²) in [5.41, 5.74) is 2.16. The molecular formula is C24H18N6O2. The van der Waals surface area contributed by atoms with Gasteiger partial charge in [-0.1, -0.05) is 12.1 Å². The maximum atomic E-state index is 12.3. The first-order valence-corrected chi connectivity index (χ1v) is 9.74. The van der Waals surface area contributed by atoms with E-state index in [1.165, 1.54) is 0 Å². The van der Waals surface area contributed by atoms with E-state index in [4.69, 9.17) is 0 Å². The summed E-state index contributed by atoms with van der Waals surface area (Å²) in [5, 5.41) is 13.8. The molecule has 2 aromatic heterocycles. The van der Waals surface area contributed by atoms with Gasteiger partial charge in [-0.3, -0.25) is 9.59 Å². The molecule has 32 heavy (non-hydrogen) atoms. The fraction of sp³-hybridized carbons (Fsp3) is 0. The normalized spacial score (nSPS) is 10.6. The van der Waals surface area contributed by atoms with Gasteiger partial charge in [-0.2, -0.15) is 10.2 Å². The highest BCUT2D eigenvalue weighted by atomic mass is 16.2. The Morgan fingerprint density at radius 1 is 0.562 bits per heavy atom. The predicted molar refractivity (Wildman–Crippen MR) is 121 cm³/mol. The minimum atomic E-state index is -0.258. The Bertz CT molecular complexity index is 1130. The molecule has 2 heterocycles. The van der Waals surface area contributed by atoms with Gasteiger partial charge in [0.2, 0.25) is 0 Å². The van der Waals surface area contributed by atoms with E-state index in [0.29, 0.717) is 34.1 Å². The number of hydrogen-bond donors (Lipinski definition) is 2. The molecule has 0 aliphatic rings. The molecule has 0 saturated carbocycles. The third-order valence-corrected chi connectivity index (χ3v) is 4.35. The minimum Gasteiger partial charge on any atom is -0.307 e. The summed E-state index contributed by atoms with van der Waals surface area (Å²) >= 11 is 0. The highest BCUT2D eigenvalue weighted by molar-refractivity contribution is 6.04. The Hall–Kier alpha value is -4.72. The fourth-order valence-corrected chi connectivity index (χ4v) is 2.72. The summed E-state index contributed by atoms with van der Waals surface area (Å²) < 4.78 is 0. The van der Waals surface area contributed by atoms with Crippen LogP contribution in [0.5, 0.6) is 0 Å². The van der Waals surface area contributed by atoms with Gasteiger partial charge in [0, 0.05) is 23.5 Å². The molecule has 8 heteroatoms. The van der Waals surface area contributed by atoms with Crippen LogP contribution in [-0.4, -0.2) is 21.8 Å². The van der Waals surface area contributed by atoms with Gasteiger partial charge in [0.05, 0.1) is 11.4 Å². The lowest BCUT2D eigenvalue weighted by molar-refractivity contribution is 0.101.